The van der Waals surface area contributed by atoms with E-state index in [0.717, 1.165) is 6.07 Å². The van der Waals surface area contributed by atoms with Crippen molar-refractivity contribution in [3.05, 3.63) is 31.2 Å². The fraction of sp³-hybridized carbons (Fsp3) is 0. The van der Waals surface area contributed by atoms with Crippen molar-refractivity contribution in [3.8, 4) is 5.75 Å². The Balaban J connectivity index is 3.56. The van der Waals surface area contributed by atoms with Crippen molar-refractivity contribution in [1.29, 1.82) is 0 Å². The van der Waals surface area contributed by atoms with Crippen LogP contribution in [0, 0.1) is 10.1 Å². The molecule has 74 valence electrons. The van der Waals surface area contributed by atoms with Gasteiger partial charge in [0, 0.05) is 6.07 Å². The van der Waals surface area contributed by atoms with Gasteiger partial charge in [0.25, 0.3) is 5.69 Å². The van der Waals surface area contributed by atoms with Crippen LogP contribution >= 0.6 is 27.5 Å². The lowest BCUT2D eigenvalue weighted by molar-refractivity contribution is -0.385. The molecule has 14 heavy (non-hydrogen) atoms. The van der Waals surface area contributed by atoms with Crippen molar-refractivity contribution >= 4 is 39.5 Å². The average molecular weight is 280 g/mol. The van der Waals surface area contributed by atoms with Gasteiger partial charge in [-0.25, -0.2) is 0 Å². The minimum Gasteiger partial charge on any atom is -0.506 e. The largest absolute Gasteiger partial charge is 0.506 e. The minimum absolute atomic E-state index is 0.0488. The Bertz CT molecular complexity index is 421. The van der Waals surface area contributed by atoms with Crippen molar-refractivity contribution in [3.63, 3.8) is 0 Å². The Morgan fingerprint density at radius 1 is 1.64 bits per heavy atom. The fourth-order valence-corrected chi connectivity index (χ4v) is 1.50. The zero-order valence-electron chi connectivity index (χ0n) is 6.53. The maximum Gasteiger partial charge on any atom is 0.286 e. The lowest BCUT2D eigenvalue weighted by Crippen LogP contribution is -1.93. The second-order valence-electron chi connectivity index (χ2n) is 2.34. The monoisotopic (exact) mass is 279 g/mol. The molecule has 0 saturated heterocycles. The Kier molecular flexibility index (Phi) is 3.07. The Morgan fingerprint density at radius 3 is 2.64 bits per heavy atom. The lowest BCUT2D eigenvalue weighted by Gasteiger charge is -2.03. The van der Waals surface area contributed by atoms with E-state index in [2.05, 4.69) is 15.9 Å². The number of carbonyl (C=O) groups excluding carboxylic acids is 1. The van der Waals surface area contributed by atoms with Crippen LogP contribution in [0.25, 0.3) is 0 Å². The molecule has 0 amide bonds. The van der Waals surface area contributed by atoms with Gasteiger partial charge in [-0.3, -0.25) is 14.9 Å². The molecule has 0 aromatic heterocycles. The Morgan fingerprint density at radius 2 is 2.21 bits per heavy atom. The van der Waals surface area contributed by atoms with E-state index >= 15 is 0 Å². The maximum absolute atomic E-state index is 10.5. The van der Waals surface area contributed by atoms with Gasteiger partial charge in [0.1, 0.15) is 15.2 Å². The number of nitrogens with zero attached hydrogens (tertiary/aromatic N) is 1. The summed E-state index contributed by atoms with van der Waals surface area (Å²) < 4.78 is -0.0488. The first kappa shape index (κ1) is 10.9. The van der Waals surface area contributed by atoms with Crippen LogP contribution in [0.15, 0.2) is 10.5 Å². The molecule has 5 nitrogen and oxygen atoms in total. The van der Waals surface area contributed by atoms with Gasteiger partial charge in [-0.05, 0) is 15.9 Å². The highest BCUT2D eigenvalue weighted by Gasteiger charge is 2.21. The number of hydrogen-bond acceptors (Lipinski definition) is 4. The van der Waals surface area contributed by atoms with Crippen LogP contribution in [0.1, 0.15) is 10.4 Å². The quantitative estimate of drug-likeness (QED) is 0.513. The first-order valence-corrected chi connectivity index (χ1v) is 4.46. The molecule has 1 N–H and O–H groups in total. The Hall–Kier alpha value is -1.14. The highest BCUT2D eigenvalue weighted by molar-refractivity contribution is 9.10. The van der Waals surface area contributed by atoms with E-state index in [-0.39, 0.29) is 20.7 Å². The van der Waals surface area contributed by atoms with Crippen LogP contribution in [0.5, 0.6) is 5.75 Å². The summed E-state index contributed by atoms with van der Waals surface area (Å²) in [5, 5.41) is 19.5. The number of nitro groups is 1. The predicted octanol–water partition coefficient (Wildman–Crippen LogP) is 2.53. The molecule has 0 aliphatic rings. The first-order valence-electron chi connectivity index (χ1n) is 3.29. The van der Waals surface area contributed by atoms with Crippen molar-refractivity contribution in [1.82, 2.24) is 0 Å². The summed E-state index contributed by atoms with van der Waals surface area (Å²) >= 11 is 8.40. The second kappa shape index (κ2) is 3.93. The highest BCUT2D eigenvalue weighted by Crippen LogP contribution is 2.40. The molecule has 1 rings (SSSR count). The standard InChI is InChI=1S/C7H3BrClNO4/c8-5-4(10(13)14)1-3(2-11)7(12)6(5)9/h1-2,12H. The van der Waals surface area contributed by atoms with Gasteiger partial charge < -0.3 is 5.11 Å². The zero-order chi connectivity index (χ0) is 10.9. The number of hydrogen-bond donors (Lipinski definition) is 1. The summed E-state index contributed by atoms with van der Waals surface area (Å²) in [5.74, 6) is -0.473. The smallest absolute Gasteiger partial charge is 0.286 e. The topological polar surface area (TPSA) is 80.4 Å². The van der Waals surface area contributed by atoms with Gasteiger partial charge in [-0.2, -0.15) is 0 Å². The van der Waals surface area contributed by atoms with E-state index in [1.54, 1.807) is 0 Å². The van der Waals surface area contributed by atoms with E-state index in [1.807, 2.05) is 0 Å². The molecular weight excluding hydrogens is 277 g/mol. The number of benzene rings is 1. The second-order valence-corrected chi connectivity index (χ2v) is 3.51. The average Bonchev–Trinajstić information content (AvgIpc) is 2.14. The molecule has 0 bridgehead atoms. The number of nitro benzene ring substituents is 1. The molecule has 0 saturated carbocycles. The lowest BCUT2D eigenvalue weighted by atomic mass is 10.2. The van der Waals surface area contributed by atoms with Gasteiger partial charge >= 0.3 is 0 Å². The molecule has 0 unspecified atom stereocenters. The summed E-state index contributed by atoms with van der Waals surface area (Å²) in [4.78, 5) is 20.2. The number of aldehydes is 1. The predicted molar refractivity (Wildman–Crippen MR) is 52.9 cm³/mol. The zero-order valence-corrected chi connectivity index (χ0v) is 8.87. The number of halogens is 2. The summed E-state index contributed by atoms with van der Waals surface area (Å²) in [7, 11) is 0. The number of phenolic OH excluding ortho intramolecular Hbond substituents is 1. The van der Waals surface area contributed by atoms with Crippen molar-refractivity contribution < 1.29 is 14.8 Å². The molecule has 1 aromatic carbocycles. The summed E-state index contributed by atoms with van der Waals surface area (Å²) in [6.07, 6.45) is 0.292. The normalized spacial score (nSPS) is 9.86. The molecule has 0 aliphatic carbocycles. The molecular formula is C7H3BrClNO4. The van der Waals surface area contributed by atoms with E-state index < -0.39 is 10.7 Å². The van der Waals surface area contributed by atoms with E-state index in [4.69, 9.17) is 11.6 Å². The maximum atomic E-state index is 10.5. The first-order chi connectivity index (χ1) is 6.49. The third-order valence-electron chi connectivity index (χ3n) is 1.51. The SMILES string of the molecule is O=Cc1cc([N+](=O)[O-])c(Br)c(Cl)c1O. The van der Waals surface area contributed by atoms with Crippen molar-refractivity contribution in [2.24, 2.45) is 0 Å². The van der Waals surface area contributed by atoms with Crippen LogP contribution in [-0.2, 0) is 0 Å². The highest BCUT2D eigenvalue weighted by atomic mass is 79.9. The molecule has 0 aliphatic heterocycles. The number of aromatic hydroxyl groups is 1. The summed E-state index contributed by atoms with van der Waals surface area (Å²) in [5.41, 5.74) is -0.584. The molecule has 7 heteroatoms. The number of carbonyl (C=O) groups is 1. The van der Waals surface area contributed by atoms with Crippen molar-refractivity contribution in [2.75, 3.05) is 0 Å². The van der Waals surface area contributed by atoms with Gasteiger partial charge in [0.05, 0.1) is 10.5 Å². The van der Waals surface area contributed by atoms with Crippen LogP contribution in [-0.4, -0.2) is 16.3 Å². The van der Waals surface area contributed by atoms with Crippen molar-refractivity contribution in [2.45, 2.75) is 0 Å². The van der Waals surface area contributed by atoms with Crippen LogP contribution in [0.2, 0.25) is 5.02 Å². The van der Waals surface area contributed by atoms with Gasteiger partial charge in [0.15, 0.2) is 6.29 Å². The van der Waals surface area contributed by atoms with Crippen LogP contribution in [0.3, 0.4) is 0 Å². The summed E-state index contributed by atoms with van der Waals surface area (Å²) in [6, 6.07) is 0.943. The number of phenols is 1. The molecule has 0 spiro atoms. The molecule has 0 heterocycles. The third kappa shape index (κ3) is 1.71. The number of rotatable bonds is 2. The molecule has 1 aromatic rings. The van der Waals surface area contributed by atoms with Crippen LogP contribution in [0.4, 0.5) is 5.69 Å². The van der Waals surface area contributed by atoms with Crippen LogP contribution < -0.4 is 0 Å². The van der Waals surface area contributed by atoms with E-state index in [9.17, 15) is 20.0 Å². The van der Waals surface area contributed by atoms with Gasteiger partial charge in [-0.1, -0.05) is 11.6 Å². The Labute approximate surface area is 91.6 Å². The van der Waals surface area contributed by atoms with Gasteiger partial charge in [0.2, 0.25) is 0 Å². The van der Waals surface area contributed by atoms with Gasteiger partial charge in [-0.15, -0.1) is 0 Å². The van der Waals surface area contributed by atoms with E-state index in [1.165, 1.54) is 0 Å². The molecule has 0 radical (unpaired) electrons. The third-order valence-corrected chi connectivity index (χ3v) is 2.91. The summed E-state index contributed by atoms with van der Waals surface area (Å²) in [6.45, 7) is 0. The molecule has 0 atom stereocenters. The fourth-order valence-electron chi connectivity index (χ4n) is 0.845. The molecule has 0 fully saturated rings. The minimum atomic E-state index is -0.706. The van der Waals surface area contributed by atoms with E-state index in [0.29, 0.717) is 6.29 Å².